The van der Waals surface area contributed by atoms with Crippen LogP contribution in [0.15, 0.2) is 22.8 Å². The van der Waals surface area contributed by atoms with Crippen LogP contribution in [0.3, 0.4) is 0 Å². The lowest BCUT2D eigenvalue weighted by Gasteiger charge is -2.57. The van der Waals surface area contributed by atoms with Crippen LogP contribution in [0, 0.1) is 34.5 Å². The number of allylic oxidation sites excluding steroid dienone is 3. The van der Waals surface area contributed by atoms with E-state index >= 15 is 0 Å². The van der Waals surface area contributed by atoms with E-state index in [1.807, 2.05) is 6.92 Å². The molecule has 0 spiro atoms. The van der Waals surface area contributed by atoms with Gasteiger partial charge in [-0.2, -0.15) is 0 Å². The summed E-state index contributed by atoms with van der Waals surface area (Å²) in [6.07, 6.45) is -31.6. The van der Waals surface area contributed by atoms with E-state index in [2.05, 4.69) is 19.9 Å². The lowest BCUT2D eigenvalue weighted by Crippen LogP contribution is -2.67. The minimum atomic E-state index is -1.90. The Morgan fingerprint density at radius 1 is 0.578 bits per heavy atom. The minimum Gasteiger partial charge on any atom is -0.394 e. The van der Waals surface area contributed by atoms with Gasteiger partial charge in [0.25, 0.3) is 0 Å². The van der Waals surface area contributed by atoms with E-state index in [-0.39, 0.29) is 53.7 Å². The molecule has 0 amide bonds. The number of carbonyl (C=O) groups excluding carboxylic acids is 2. The topological polar surface area (TPSA) is 410 Å². The van der Waals surface area contributed by atoms with Gasteiger partial charge >= 0.3 is 0 Å². The number of rotatable bonds is 17. The number of Topliss-reactive ketones (excluding diaryl/α,β-unsaturated/α-hetero) is 2. The summed E-state index contributed by atoms with van der Waals surface area (Å²) >= 11 is 0. The highest BCUT2D eigenvalue weighted by Gasteiger charge is 2.61. The highest BCUT2D eigenvalue weighted by molar-refractivity contribution is 6.08. The van der Waals surface area contributed by atoms with Crippen LogP contribution in [0.1, 0.15) is 106 Å². The van der Waals surface area contributed by atoms with Crippen LogP contribution in [0.5, 0.6) is 0 Å². The number of carbonyl (C=O) groups is 2. The molecule has 0 aromatic rings. The Morgan fingerprint density at radius 2 is 1.11 bits per heavy atom. The molecule has 26 nitrogen and oxygen atoms in total. The molecule has 0 aromatic carbocycles. The number of fused-ring (bicyclic) bond motifs is 5. The van der Waals surface area contributed by atoms with Crippen molar-refractivity contribution in [2.75, 3.05) is 19.8 Å². The Morgan fingerprint density at radius 3 is 1.72 bits per heavy atom. The molecule has 9 aliphatic rings. The third-order valence-electron chi connectivity index (χ3n) is 20.1. The number of hydrogen-bond donors (Lipinski definition) is 14. The molecule has 0 bridgehead atoms. The van der Waals surface area contributed by atoms with Gasteiger partial charge in [0.15, 0.2) is 43.0 Å². The molecule has 5 saturated heterocycles. The summed E-state index contributed by atoms with van der Waals surface area (Å²) in [7, 11) is 0. The molecular formula is C57H90O26. The molecule has 5 aliphatic heterocycles. The Hall–Kier alpha value is -2.14. The van der Waals surface area contributed by atoms with Crippen molar-refractivity contribution in [1.82, 2.24) is 0 Å². The summed E-state index contributed by atoms with van der Waals surface area (Å²) in [5.41, 5.74) is 1.38. The lowest BCUT2D eigenvalue weighted by molar-refractivity contribution is -0.394. The first-order valence-electron chi connectivity index (χ1n) is 29.5. The number of aliphatic hydroxyl groups excluding tert-OH is 14. The van der Waals surface area contributed by atoms with Crippen LogP contribution in [0.2, 0.25) is 0 Å². The maximum atomic E-state index is 14.1. The van der Waals surface area contributed by atoms with Gasteiger partial charge in [-0.1, -0.05) is 32.4 Å². The lowest BCUT2D eigenvalue weighted by atomic mass is 9.47. The van der Waals surface area contributed by atoms with E-state index in [0.717, 1.165) is 12.0 Å². The molecule has 8 fully saturated rings. The highest BCUT2D eigenvalue weighted by Crippen LogP contribution is 2.66. The van der Waals surface area contributed by atoms with Crippen LogP contribution in [-0.4, -0.2) is 263 Å². The zero-order valence-corrected chi connectivity index (χ0v) is 48.0. The second-order valence-corrected chi connectivity index (χ2v) is 25.5. The molecule has 0 unspecified atom stereocenters. The third-order valence-corrected chi connectivity index (χ3v) is 20.1. The summed E-state index contributed by atoms with van der Waals surface area (Å²) in [5, 5.41) is 149. The van der Waals surface area contributed by atoms with Crippen LogP contribution in [-0.2, 0) is 57.0 Å². The SMILES string of the molecule is C/C(C(=O)CC[C@H](C)CO[C@@H]1O[C@H](CO)[C@@H](O)[C@H](O)[C@H]1O)=C1/C(=O)C[C@H]2[C@@H]3CC=C4C[C@@H](O[C@@H]5O[C@H](CO)[C@@H](O[C@@H]6O[C@@H](C)[C@H](O[C@@H]7O[C@@H](C)[C@H](O)[C@@H](O)[C@H]7O)[C@@H](O)[C@H]6O)[C@H](O)[C@H]5O[C@@H]5O[C@@H](C)[C@H](O)[C@@H](O)[C@H]5O)CC[C@]4(C)[C@H]3CC[C@]12C. The maximum Gasteiger partial charge on any atom is 0.187 e. The second-order valence-electron chi connectivity index (χ2n) is 25.5. The fourth-order valence-electron chi connectivity index (χ4n) is 14.9. The van der Waals surface area contributed by atoms with Crippen molar-refractivity contribution in [2.24, 2.45) is 34.5 Å². The van der Waals surface area contributed by atoms with Gasteiger partial charge in [0.05, 0.1) is 44.2 Å². The molecule has 3 saturated carbocycles. The molecule has 26 heteroatoms. The third kappa shape index (κ3) is 12.5. The van der Waals surface area contributed by atoms with Crippen LogP contribution in [0.25, 0.3) is 0 Å². The summed E-state index contributed by atoms with van der Waals surface area (Å²) in [5.74, 6) is -0.0295. The summed E-state index contributed by atoms with van der Waals surface area (Å²) in [6, 6.07) is 0. The van der Waals surface area contributed by atoms with E-state index in [1.165, 1.54) is 20.8 Å². The largest absolute Gasteiger partial charge is 0.394 e. The maximum absolute atomic E-state index is 14.1. The average molecular weight is 1190 g/mol. The fraction of sp³-hybridized carbons (Fsp3) is 0.895. The van der Waals surface area contributed by atoms with Crippen LogP contribution < -0.4 is 0 Å². The van der Waals surface area contributed by atoms with Crippen molar-refractivity contribution >= 4 is 11.6 Å². The van der Waals surface area contributed by atoms with Crippen molar-refractivity contribution in [1.29, 1.82) is 0 Å². The van der Waals surface area contributed by atoms with Crippen molar-refractivity contribution in [3.05, 3.63) is 22.8 Å². The summed E-state index contributed by atoms with van der Waals surface area (Å²) in [4.78, 5) is 28.0. The Bertz CT molecular complexity index is 2310. The van der Waals surface area contributed by atoms with Gasteiger partial charge < -0.3 is 119 Å². The molecule has 5 heterocycles. The molecule has 0 aromatic heterocycles. The first-order valence-corrected chi connectivity index (χ1v) is 29.5. The number of hydrogen-bond acceptors (Lipinski definition) is 26. The molecule has 83 heavy (non-hydrogen) atoms. The van der Waals surface area contributed by atoms with E-state index in [0.29, 0.717) is 56.1 Å². The molecular weight excluding hydrogens is 1100 g/mol. The summed E-state index contributed by atoms with van der Waals surface area (Å²) in [6.45, 7) is 11.0. The molecule has 14 N–H and O–H groups in total. The molecule has 4 aliphatic carbocycles. The van der Waals surface area contributed by atoms with E-state index in [9.17, 15) is 81.1 Å². The quantitative estimate of drug-likeness (QED) is 0.0509. The number of ether oxygens (including phenoxy) is 10. The van der Waals surface area contributed by atoms with Crippen molar-refractivity contribution in [2.45, 2.75) is 266 Å². The zero-order valence-electron chi connectivity index (χ0n) is 48.0. The van der Waals surface area contributed by atoms with Crippen molar-refractivity contribution in [3.8, 4) is 0 Å². The normalized spacial score (nSPS) is 51.3. The van der Waals surface area contributed by atoms with Gasteiger partial charge in [0, 0.05) is 18.4 Å². The minimum absolute atomic E-state index is 0.0115. The molecule has 0 radical (unpaired) electrons. The predicted molar refractivity (Wildman–Crippen MR) is 280 cm³/mol. The Balaban J connectivity index is 0.858. The molecule has 9 rings (SSSR count). The van der Waals surface area contributed by atoms with E-state index in [1.54, 1.807) is 6.92 Å². The van der Waals surface area contributed by atoms with E-state index < -0.39 is 178 Å². The van der Waals surface area contributed by atoms with Gasteiger partial charge in [0.1, 0.15) is 104 Å². The molecule has 474 valence electrons. The molecule has 32 atom stereocenters. The Kier molecular flexibility index (Phi) is 20.6. The van der Waals surface area contributed by atoms with Gasteiger partial charge in [-0.25, -0.2) is 0 Å². The number of aliphatic hydroxyl groups is 14. The van der Waals surface area contributed by atoms with Gasteiger partial charge in [-0.15, -0.1) is 0 Å². The van der Waals surface area contributed by atoms with Gasteiger partial charge in [0.2, 0.25) is 0 Å². The van der Waals surface area contributed by atoms with Gasteiger partial charge in [-0.05, 0) is 113 Å². The van der Waals surface area contributed by atoms with Gasteiger partial charge in [-0.3, -0.25) is 9.59 Å². The summed E-state index contributed by atoms with van der Waals surface area (Å²) < 4.78 is 59.6. The van der Waals surface area contributed by atoms with E-state index in [4.69, 9.17) is 47.4 Å². The Labute approximate surface area is 481 Å². The average Bonchev–Trinajstić information content (AvgIpc) is 2.72. The predicted octanol–water partition coefficient (Wildman–Crippen LogP) is -3.01. The first-order chi connectivity index (χ1) is 39.1. The first kappa shape index (κ1) is 65.3. The van der Waals surface area contributed by atoms with Crippen LogP contribution in [0.4, 0.5) is 0 Å². The highest BCUT2D eigenvalue weighted by atomic mass is 16.8. The standard InChI is InChI=1S/C57H90O26/c1-21(20-74-51-43(69)41(67)38(64)33(18-58)79-51)8-11-31(60)22(2)35-32(61)17-30-28-10-9-26-16-27(12-14-56(26,6)29(28)13-15-57(30,35)7)78-55-50(83-53-45(71)40(66)37(63)24(4)76-53)47(73)49(34(19-59)80-55)82-54-46(72)42(68)48(25(5)77-54)81-52-44(70)39(65)36(62)23(3)75-52/h9,21,23-25,27-30,33-34,36-55,58-59,62-73H,8,10-20H2,1-7H3/b35-22+/t21-,23-,24-,25-,27-,28+,29-,30-,33+,34+,36-,37-,38+,39+,40+,41-,42-,43+,44+,45+,46+,47-,48-,49+,50+,51+,52-,53-,54-,55+,56-,57-/m0/s1. The zero-order chi connectivity index (χ0) is 60.5. The monoisotopic (exact) mass is 1190 g/mol. The number of ketones is 2. The van der Waals surface area contributed by atoms with Crippen molar-refractivity contribution in [3.63, 3.8) is 0 Å². The fourth-order valence-corrected chi connectivity index (χ4v) is 14.9. The second kappa shape index (κ2) is 26.1. The smallest absolute Gasteiger partial charge is 0.187 e. The van der Waals surface area contributed by atoms with Crippen molar-refractivity contribution < 1.29 is 128 Å². The van der Waals surface area contributed by atoms with Crippen LogP contribution >= 0.6 is 0 Å².